The molecule has 0 atom stereocenters. The minimum absolute atomic E-state index is 0.0390. The molecule has 0 unspecified atom stereocenters. The van der Waals surface area contributed by atoms with E-state index in [1.54, 1.807) is 0 Å². The molecule has 0 radical (unpaired) electrons. The van der Waals surface area contributed by atoms with Gasteiger partial charge in [0.1, 0.15) is 0 Å². The van der Waals surface area contributed by atoms with E-state index in [-0.39, 0.29) is 5.78 Å². The molecule has 0 amide bonds. The average molecular weight is 358 g/mol. The standard InChI is InChI=1S/C16H12ClN5OS/c1-8-2-5-13(24-8)16(23)15-11(7-14-19-21-22-20-14)10-4-3-9(17)6-12(10)18-15/h2-6,18H,7H2,1H3,(H,19,20,21,22). The largest absolute Gasteiger partial charge is 0.351 e. The van der Waals surface area contributed by atoms with Crippen molar-refractivity contribution in [2.24, 2.45) is 0 Å². The predicted octanol–water partition coefficient (Wildman–Crippen LogP) is 3.53. The van der Waals surface area contributed by atoms with E-state index in [0.717, 1.165) is 21.3 Å². The number of rotatable bonds is 4. The Labute approximate surface area is 145 Å². The van der Waals surface area contributed by atoms with Gasteiger partial charge < -0.3 is 4.98 Å². The highest BCUT2D eigenvalue weighted by Crippen LogP contribution is 2.29. The molecule has 0 saturated heterocycles. The number of carbonyl (C=O) groups is 1. The number of benzene rings is 1. The number of H-pyrrole nitrogens is 2. The topological polar surface area (TPSA) is 87.3 Å². The summed E-state index contributed by atoms with van der Waals surface area (Å²) in [6, 6.07) is 9.32. The number of nitrogens with one attached hydrogen (secondary N) is 2. The van der Waals surface area contributed by atoms with Crippen LogP contribution in [0.25, 0.3) is 10.9 Å². The van der Waals surface area contributed by atoms with Crippen LogP contribution in [0.3, 0.4) is 0 Å². The Balaban J connectivity index is 1.88. The summed E-state index contributed by atoms with van der Waals surface area (Å²) in [7, 11) is 0. The molecule has 0 aliphatic heterocycles. The molecule has 4 aromatic rings. The number of carbonyl (C=O) groups excluding carboxylic acids is 1. The smallest absolute Gasteiger partial charge is 0.219 e. The fourth-order valence-electron chi connectivity index (χ4n) is 2.71. The fourth-order valence-corrected chi connectivity index (χ4v) is 3.69. The van der Waals surface area contributed by atoms with Gasteiger partial charge in [-0.2, -0.15) is 0 Å². The zero-order chi connectivity index (χ0) is 16.7. The molecule has 2 N–H and O–H groups in total. The first-order valence-electron chi connectivity index (χ1n) is 7.25. The summed E-state index contributed by atoms with van der Waals surface area (Å²) in [5.41, 5.74) is 2.23. The van der Waals surface area contributed by atoms with Crippen LogP contribution < -0.4 is 0 Å². The molecule has 120 valence electrons. The molecule has 3 heterocycles. The van der Waals surface area contributed by atoms with Gasteiger partial charge in [0.05, 0.1) is 10.6 Å². The van der Waals surface area contributed by atoms with Crippen molar-refractivity contribution in [2.75, 3.05) is 0 Å². The lowest BCUT2D eigenvalue weighted by molar-refractivity contribution is 0.103. The average Bonchev–Trinajstić information content (AvgIpc) is 3.28. The van der Waals surface area contributed by atoms with Gasteiger partial charge in [-0.1, -0.05) is 17.7 Å². The Kier molecular flexibility index (Phi) is 3.66. The second-order valence-electron chi connectivity index (χ2n) is 5.43. The van der Waals surface area contributed by atoms with Crippen LogP contribution in [0.5, 0.6) is 0 Å². The van der Waals surface area contributed by atoms with Crippen LogP contribution in [0.4, 0.5) is 0 Å². The number of hydrogen-bond donors (Lipinski definition) is 2. The number of hydrogen-bond acceptors (Lipinski definition) is 5. The molecule has 1 aromatic carbocycles. The summed E-state index contributed by atoms with van der Waals surface area (Å²) in [5, 5.41) is 15.4. The van der Waals surface area contributed by atoms with E-state index in [0.29, 0.717) is 27.8 Å². The fraction of sp³-hybridized carbons (Fsp3) is 0.125. The molecular formula is C16H12ClN5OS. The second-order valence-corrected chi connectivity index (χ2v) is 7.16. The van der Waals surface area contributed by atoms with Crippen LogP contribution in [-0.2, 0) is 6.42 Å². The molecule has 0 fully saturated rings. The lowest BCUT2D eigenvalue weighted by Crippen LogP contribution is -2.04. The summed E-state index contributed by atoms with van der Waals surface area (Å²) in [4.78, 5) is 18.0. The number of ketones is 1. The first-order chi connectivity index (χ1) is 11.6. The summed E-state index contributed by atoms with van der Waals surface area (Å²) in [5.74, 6) is 0.560. The minimum Gasteiger partial charge on any atom is -0.351 e. The van der Waals surface area contributed by atoms with Crippen molar-refractivity contribution in [1.29, 1.82) is 0 Å². The SMILES string of the molecule is Cc1ccc(C(=O)c2[nH]c3cc(Cl)ccc3c2Cc2nnn[nH]2)s1. The third-order valence-electron chi connectivity index (χ3n) is 3.79. The number of halogens is 1. The molecule has 6 nitrogen and oxygen atoms in total. The van der Waals surface area contributed by atoms with Crippen molar-refractivity contribution in [1.82, 2.24) is 25.6 Å². The molecule has 0 spiro atoms. The molecule has 4 rings (SSSR count). The van der Waals surface area contributed by atoms with E-state index in [9.17, 15) is 4.79 Å². The van der Waals surface area contributed by atoms with Gasteiger partial charge in [0.2, 0.25) is 5.78 Å². The number of tetrazole rings is 1. The van der Waals surface area contributed by atoms with Gasteiger partial charge >= 0.3 is 0 Å². The highest BCUT2D eigenvalue weighted by Gasteiger charge is 2.21. The maximum atomic E-state index is 12.9. The van der Waals surface area contributed by atoms with Gasteiger partial charge in [-0.05, 0) is 47.2 Å². The first kappa shape index (κ1) is 15.0. The molecule has 0 bridgehead atoms. The summed E-state index contributed by atoms with van der Waals surface area (Å²) >= 11 is 7.56. The lowest BCUT2D eigenvalue weighted by Gasteiger charge is -2.01. The summed E-state index contributed by atoms with van der Waals surface area (Å²) < 4.78 is 0. The Morgan fingerprint density at radius 1 is 1.29 bits per heavy atom. The summed E-state index contributed by atoms with van der Waals surface area (Å²) in [6.07, 6.45) is 0.431. The predicted molar refractivity (Wildman–Crippen MR) is 92.8 cm³/mol. The van der Waals surface area contributed by atoms with Crippen molar-refractivity contribution in [3.8, 4) is 0 Å². The van der Waals surface area contributed by atoms with Crippen LogP contribution >= 0.6 is 22.9 Å². The van der Waals surface area contributed by atoms with Gasteiger partial charge in [0.15, 0.2) is 5.82 Å². The van der Waals surface area contributed by atoms with Crippen LogP contribution in [0.1, 0.15) is 31.6 Å². The minimum atomic E-state index is -0.0390. The van der Waals surface area contributed by atoms with Crippen LogP contribution in [0, 0.1) is 6.92 Å². The highest BCUT2D eigenvalue weighted by molar-refractivity contribution is 7.14. The van der Waals surface area contributed by atoms with E-state index in [4.69, 9.17) is 11.6 Å². The maximum Gasteiger partial charge on any atom is 0.219 e. The van der Waals surface area contributed by atoms with E-state index in [2.05, 4.69) is 25.6 Å². The number of thiophene rings is 1. The van der Waals surface area contributed by atoms with E-state index in [1.165, 1.54) is 11.3 Å². The Morgan fingerprint density at radius 3 is 2.88 bits per heavy atom. The van der Waals surface area contributed by atoms with Crippen molar-refractivity contribution >= 4 is 39.6 Å². The zero-order valence-electron chi connectivity index (χ0n) is 12.6. The molecule has 0 saturated carbocycles. The molecule has 3 aromatic heterocycles. The molecule has 0 aliphatic carbocycles. The Bertz CT molecular complexity index is 1030. The van der Waals surface area contributed by atoms with Crippen molar-refractivity contribution in [3.05, 3.63) is 62.2 Å². The summed E-state index contributed by atoms with van der Waals surface area (Å²) in [6.45, 7) is 1.98. The van der Waals surface area contributed by atoms with Gasteiger partial charge in [0, 0.05) is 27.2 Å². The molecule has 24 heavy (non-hydrogen) atoms. The van der Waals surface area contributed by atoms with Crippen molar-refractivity contribution in [3.63, 3.8) is 0 Å². The number of aryl methyl sites for hydroxylation is 1. The molecule has 8 heteroatoms. The third-order valence-corrected chi connectivity index (χ3v) is 5.03. The van der Waals surface area contributed by atoms with Gasteiger partial charge in [0.25, 0.3) is 0 Å². The van der Waals surface area contributed by atoms with E-state index in [1.807, 2.05) is 37.3 Å². The van der Waals surface area contributed by atoms with Gasteiger partial charge in [-0.25, -0.2) is 5.10 Å². The number of aromatic amines is 2. The Hall–Kier alpha value is -2.51. The lowest BCUT2D eigenvalue weighted by atomic mass is 10.0. The molecule has 0 aliphatic rings. The number of nitrogens with zero attached hydrogens (tertiary/aromatic N) is 3. The highest BCUT2D eigenvalue weighted by atomic mass is 35.5. The molecular weight excluding hydrogens is 346 g/mol. The number of aromatic nitrogens is 5. The Morgan fingerprint density at radius 2 is 2.17 bits per heavy atom. The van der Waals surface area contributed by atoms with E-state index < -0.39 is 0 Å². The monoisotopic (exact) mass is 357 g/mol. The normalized spacial score (nSPS) is 11.2. The van der Waals surface area contributed by atoms with Crippen molar-refractivity contribution < 1.29 is 4.79 Å². The first-order valence-corrected chi connectivity index (χ1v) is 8.45. The van der Waals surface area contributed by atoms with Crippen LogP contribution in [0.2, 0.25) is 5.02 Å². The van der Waals surface area contributed by atoms with Crippen LogP contribution in [0.15, 0.2) is 30.3 Å². The maximum absolute atomic E-state index is 12.9. The quantitative estimate of drug-likeness (QED) is 0.547. The van der Waals surface area contributed by atoms with Crippen molar-refractivity contribution in [2.45, 2.75) is 13.3 Å². The van der Waals surface area contributed by atoms with Gasteiger partial charge in [-0.15, -0.1) is 16.4 Å². The zero-order valence-corrected chi connectivity index (χ0v) is 14.2. The van der Waals surface area contributed by atoms with E-state index >= 15 is 0 Å². The third kappa shape index (κ3) is 2.61. The van der Waals surface area contributed by atoms with Gasteiger partial charge in [-0.3, -0.25) is 4.79 Å². The number of fused-ring (bicyclic) bond motifs is 1. The van der Waals surface area contributed by atoms with Crippen LogP contribution in [-0.4, -0.2) is 31.4 Å². The second kappa shape index (κ2) is 5.85.